The van der Waals surface area contributed by atoms with Gasteiger partial charge in [-0.05, 0) is 55.3 Å². The van der Waals surface area contributed by atoms with Gasteiger partial charge in [0.25, 0.3) is 0 Å². The molecule has 144 valence electrons. The molecule has 0 amide bonds. The molecular weight excluding hydrogens is 363 g/mol. The zero-order valence-corrected chi connectivity index (χ0v) is 16.4. The molecule has 0 saturated carbocycles. The number of H-pyrrole nitrogens is 1. The molecule has 1 unspecified atom stereocenters. The smallest absolute Gasteiger partial charge is 0.208 e. The van der Waals surface area contributed by atoms with Crippen LogP contribution >= 0.6 is 0 Å². The molecule has 3 aromatic rings. The Morgan fingerprint density at radius 1 is 1.19 bits per heavy atom. The fourth-order valence-corrected chi connectivity index (χ4v) is 4.63. The standard InChI is InChI=1S/C21H25FN2O2S/c1-3-15(2)13-23-11-10-16-6-4-9-19-21(16)20(14-24-19)27(25,26)18-8-5-7-17(22)12-18/h4-9,12,14-15,23-24H,3,10-11,13H2,1-2H3. The summed E-state index contributed by atoms with van der Waals surface area (Å²) in [6.07, 6.45) is 3.34. The first-order valence-corrected chi connectivity index (χ1v) is 10.7. The van der Waals surface area contributed by atoms with Crippen molar-refractivity contribution in [3.63, 3.8) is 0 Å². The van der Waals surface area contributed by atoms with Crippen molar-refractivity contribution in [3.8, 4) is 0 Å². The minimum absolute atomic E-state index is 0.0342. The summed E-state index contributed by atoms with van der Waals surface area (Å²) in [5.74, 6) is 0.0438. The van der Waals surface area contributed by atoms with Gasteiger partial charge in [0, 0.05) is 17.1 Å². The zero-order chi connectivity index (χ0) is 19.4. The minimum atomic E-state index is -3.81. The number of aromatic amines is 1. The van der Waals surface area contributed by atoms with E-state index in [1.165, 1.54) is 24.4 Å². The Morgan fingerprint density at radius 2 is 1.96 bits per heavy atom. The quantitative estimate of drug-likeness (QED) is 0.565. The van der Waals surface area contributed by atoms with Crippen molar-refractivity contribution in [2.45, 2.75) is 36.5 Å². The third kappa shape index (κ3) is 4.22. The van der Waals surface area contributed by atoms with Gasteiger partial charge in [-0.1, -0.05) is 38.5 Å². The Balaban J connectivity index is 1.93. The Bertz CT molecular complexity index is 1030. The molecule has 0 spiro atoms. The van der Waals surface area contributed by atoms with Crippen LogP contribution in [-0.2, 0) is 16.3 Å². The molecule has 0 fully saturated rings. The highest BCUT2D eigenvalue weighted by atomic mass is 32.2. The molecule has 0 saturated heterocycles. The van der Waals surface area contributed by atoms with Gasteiger partial charge >= 0.3 is 0 Å². The van der Waals surface area contributed by atoms with Crippen molar-refractivity contribution in [1.82, 2.24) is 10.3 Å². The number of fused-ring (bicyclic) bond motifs is 1. The third-order valence-corrected chi connectivity index (χ3v) is 6.69. The second kappa shape index (κ2) is 8.23. The van der Waals surface area contributed by atoms with Crippen LogP contribution in [0.4, 0.5) is 4.39 Å². The van der Waals surface area contributed by atoms with Crippen molar-refractivity contribution >= 4 is 20.7 Å². The van der Waals surface area contributed by atoms with Gasteiger partial charge in [0.15, 0.2) is 0 Å². The number of hydrogen-bond donors (Lipinski definition) is 2. The summed E-state index contributed by atoms with van der Waals surface area (Å²) in [7, 11) is -3.81. The maximum atomic E-state index is 13.6. The average Bonchev–Trinajstić information content (AvgIpc) is 3.10. The van der Waals surface area contributed by atoms with Crippen LogP contribution in [0.1, 0.15) is 25.8 Å². The van der Waals surface area contributed by atoms with E-state index < -0.39 is 15.7 Å². The lowest BCUT2D eigenvalue weighted by atomic mass is 10.1. The normalized spacial score (nSPS) is 13.1. The molecule has 0 radical (unpaired) electrons. The highest BCUT2D eigenvalue weighted by Gasteiger charge is 2.23. The molecule has 2 aromatic carbocycles. The van der Waals surface area contributed by atoms with E-state index in [2.05, 4.69) is 24.1 Å². The average molecular weight is 389 g/mol. The van der Waals surface area contributed by atoms with Gasteiger partial charge in [-0.2, -0.15) is 0 Å². The molecule has 6 heteroatoms. The van der Waals surface area contributed by atoms with Crippen LogP contribution < -0.4 is 5.32 Å². The molecule has 1 heterocycles. The van der Waals surface area contributed by atoms with Crippen molar-refractivity contribution in [2.24, 2.45) is 5.92 Å². The highest BCUT2D eigenvalue weighted by molar-refractivity contribution is 7.91. The van der Waals surface area contributed by atoms with Gasteiger partial charge in [-0.25, -0.2) is 12.8 Å². The number of benzene rings is 2. The van der Waals surface area contributed by atoms with E-state index in [0.29, 0.717) is 11.3 Å². The van der Waals surface area contributed by atoms with Gasteiger partial charge in [0.2, 0.25) is 9.84 Å². The fraction of sp³-hybridized carbons (Fsp3) is 0.333. The van der Waals surface area contributed by atoms with E-state index in [1.54, 1.807) is 0 Å². The van der Waals surface area contributed by atoms with Crippen molar-refractivity contribution in [3.05, 3.63) is 60.0 Å². The van der Waals surface area contributed by atoms with Crippen LogP contribution in [0.15, 0.2) is 58.5 Å². The first-order chi connectivity index (χ1) is 12.9. The molecule has 0 bridgehead atoms. The van der Waals surface area contributed by atoms with Gasteiger partial charge in [0.05, 0.1) is 9.79 Å². The molecule has 0 aliphatic rings. The second-order valence-corrected chi connectivity index (χ2v) is 8.84. The van der Waals surface area contributed by atoms with E-state index in [1.807, 2.05) is 18.2 Å². The number of nitrogens with one attached hydrogen (secondary N) is 2. The Kier molecular flexibility index (Phi) is 5.97. The lowest BCUT2D eigenvalue weighted by Gasteiger charge is -2.11. The summed E-state index contributed by atoms with van der Waals surface area (Å²) >= 11 is 0. The zero-order valence-electron chi connectivity index (χ0n) is 15.6. The van der Waals surface area contributed by atoms with Crippen molar-refractivity contribution in [1.29, 1.82) is 0 Å². The molecule has 4 nitrogen and oxygen atoms in total. The number of hydrogen-bond acceptors (Lipinski definition) is 3. The maximum Gasteiger partial charge on any atom is 0.208 e. The molecule has 0 aliphatic carbocycles. The van der Waals surface area contributed by atoms with Crippen LogP contribution in [-0.4, -0.2) is 26.5 Å². The Hall–Kier alpha value is -2.18. The topological polar surface area (TPSA) is 62.0 Å². The highest BCUT2D eigenvalue weighted by Crippen LogP contribution is 2.31. The maximum absolute atomic E-state index is 13.6. The van der Waals surface area contributed by atoms with Gasteiger partial charge in [0.1, 0.15) is 5.82 Å². The minimum Gasteiger partial charge on any atom is -0.360 e. The van der Waals surface area contributed by atoms with Crippen LogP contribution in [0, 0.1) is 11.7 Å². The van der Waals surface area contributed by atoms with Crippen LogP contribution in [0.25, 0.3) is 10.9 Å². The molecule has 1 aromatic heterocycles. The first-order valence-electron chi connectivity index (χ1n) is 9.23. The summed E-state index contributed by atoms with van der Waals surface area (Å²) in [4.78, 5) is 3.20. The van der Waals surface area contributed by atoms with E-state index in [9.17, 15) is 12.8 Å². The van der Waals surface area contributed by atoms with Gasteiger partial charge in [-0.15, -0.1) is 0 Å². The monoisotopic (exact) mass is 388 g/mol. The number of aromatic nitrogens is 1. The van der Waals surface area contributed by atoms with E-state index in [-0.39, 0.29) is 9.79 Å². The largest absolute Gasteiger partial charge is 0.360 e. The first kappa shape index (κ1) is 19.6. The Labute approximate surface area is 159 Å². The molecule has 0 aliphatic heterocycles. The molecular formula is C21H25FN2O2S. The summed E-state index contributed by atoms with van der Waals surface area (Å²) in [5, 5.41) is 4.12. The molecule has 2 N–H and O–H groups in total. The van der Waals surface area contributed by atoms with Gasteiger partial charge < -0.3 is 10.3 Å². The van der Waals surface area contributed by atoms with Crippen LogP contribution in [0.3, 0.4) is 0 Å². The number of sulfone groups is 1. The molecule has 3 rings (SSSR count). The van der Waals surface area contributed by atoms with E-state index >= 15 is 0 Å². The lowest BCUT2D eigenvalue weighted by molar-refractivity contribution is 0.502. The number of rotatable bonds is 8. The van der Waals surface area contributed by atoms with Crippen LogP contribution in [0.5, 0.6) is 0 Å². The Morgan fingerprint density at radius 3 is 2.70 bits per heavy atom. The van der Waals surface area contributed by atoms with Gasteiger partial charge in [-0.3, -0.25) is 0 Å². The molecule has 27 heavy (non-hydrogen) atoms. The second-order valence-electron chi connectivity index (χ2n) is 6.92. The fourth-order valence-electron chi connectivity index (χ4n) is 3.12. The molecule has 1 atom stereocenters. The lowest BCUT2D eigenvalue weighted by Crippen LogP contribution is -2.23. The number of halogens is 1. The van der Waals surface area contributed by atoms with E-state index in [0.717, 1.165) is 43.1 Å². The summed E-state index contributed by atoms with van der Waals surface area (Å²) in [5.41, 5.74) is 1.73. The summed E-state index contributed by atoms with van der Waals surface area (Å²) in [6, 6.07) is 10.9. The predicted molar refractivity (Wildman–Crippen MR) is 106 cm³/mol. The summed E-state index contributed by atoms with van der Waals surface area (Å²) in [6.45, 7) is 6.07. The van der Waals surface area contributed by atoms with Crippen molar-refractivity contribution in [2.75, 3.05) is 13.1 Å². The third-order valence-electron chi connectivity index (χ3n) is 4.91. The predicted octanol–water partition coefficient (Wildman–Crippen LogP) is 4.32. The van der Waals surface area contributed by atoms with Crippen molar-refractivity contribution < 1.29 is 12.8 Å². The SMILES string of the molecule is CCC(C)CNCCc1cccc2[nH]cc(S(=O)(=O)c3cccc(F)c3)c12. The summed E-state index contributed by atoms with van der Waals surface area (Å²) < 4.78 is 39.7. The van der Waals surface area contributed by atoms with E-state index in [4.69, 9.17) is 0 Å². The van der Waals surface area contributed by atoms with Crippen LogP contribution in [0.2, 0.25) is 0 Å².